The average molecular weight is 432 g/mol. The van der Waals surface area contributed by atoms with Gasteiger partial charge in [-0.15, -0.1) is 0 Å². The number of hydrogen-bond acceptors (Lipinski definition) is 4. The summed E-state index contributed by atoms with van der Waals surface area (Å²) in [6.07, 6.45) is -2.65. The van der Waals surface area contributed by atoms with Crippen molar-refractivity contribution in [2.45, 2.75) is 49.8 Å². The summed E-state index contributed by atoms with van der Waals surface area (Å²) in [5.74, 6) is 0.0544. The molecule has 0 aliphatic carbocycles. The van der Waals surface area contributed by atoms with Crippen LogP contribution in [0, 0.1) is 5.92 Å². The van der Waals surface area contributed by atoms with Crippen molar-refractivity contribution >= 4 is 5.69 Å². The minimum Gasteiger partial charge on any atom is -0.392 e. The van der Waals surface area contributed by atoms with Gasteiger partial charge in [0.1, 0.15) is 0 Å². The first-order valence-corrected chi connectivity index (χ1v) is 11.0. The molecule has 2 N–H and O–H groups in total. The van der Waals surface area contributed by atoms with Crippen LogP contribution in [0.1, 0.15) is 48.1 Å². The van der Waals surface area contributed by atoms with E-state index in [1.54, 1.807) is 0 Å². The number of β-amino-alcohol motifs (C(OH)–C–C–N with tert-alkyl or cyclic N) is 1. The fourth-order valence-electron chi connectivity index (χ4n) is 5.32. The first-order chi connectivity index (χ1) is 14.9. The van der Waals surface area contributed by atoms with Crippen molar-refractivity contribution in [3.05, 3.63) is 65.2 Å². The minimum atomic E-state index is -4.39. The predicted molar refractivity (Wildman–Crippen MR) is 112 cm³/mol. The van der Waals surface area contributed by atoms with Crippen molar-refractivity contribution in [3.63, 3.8) is 0 Å². The van der Waals surface area contributed by atoms with Gasteiger partial charge in [0.05, 0.1) is 29.9 Å². The van der Waals surface area contributed by atoms with E-state index < -0.39 is 17.8 Å². The third-order valence-corrected chi connectivity index (χ3v) is 6.84. The summed E-state index contributed by atoms with van der Waals surface area (Å²) in [5, 5.41) is 13.3. The summed E-state index contributed by atoms with van der Waals surface area (Å²) in [7, 11) is 0. The van der Waals surface area contributed by atoms with E-state index in [1.807, 2.05) is 18.2 Å². The molecular weight excluding hydrogens is 405 g/mol. The zero-order valence-corrected chi connectivity index (χ0v) is 17.2. The molecule has 3 aliphatic heterocycles. The zero-order valence-electron chi connectivity index (χ0n) is 17.2. The zero-order chi connectivity index (χ0) is 21.6. The second-order valence-corrected chi connectivity index (χ2v) is 8.95. The van der Waals surface area contributed by atoms with E-state index in [9.17, 15) is 18.3 Å². The number of aliphatic hydroxyl groups is 1. The molecule has 0 bridgehead atoms. The van der Waals surface area contributed by atoms with Crippen LogP contribution in [0.15, 0.2) is 48.5 Å². The van der Waals surface area contributed by atoms with Crippen LogP contribution in [0.2, 0.25) is 0 Å². The maximum Gasteiger partial charge on any atom is 0.416 e. The maximum atomic E-state index is 13.4. The Morgan fingerprint density at radius 3 is 2.58 bits per heavy atom. The Labute approximate surface area is 180 Å². The molecule has 0 radical (unpaired) electrons. The van der Waals surface area contributed by atoms with Gasteiger partial charge in [-0.1, -0.05) is 30.3 Å². The summed E-state index contributed by atoms with van der Waals surface area (Å²) >= 11 is 0. The minimum absolute atomic E-state index is 0.00926. The highest BCUT2D eigenvalue weighted by Crippen LogP contribution is 2.51. The molecule has 0 amide bonds. The fraction of sp³-hybridized carbons (Fsp3) is 0.500. The Kier molecular flexibility index (Phi) is 5.44. The number of rotatable bonds is 3. The van der Waals surface area contributed by atoms with Crippen LogP contribution in [0.4, 0.5) is 18.9 Å². The lowest BCUT2D eigenvalue weighted by molar-refractivity contribution is -0.138. The number of likely N-dealkylation sites (tertiary alicyclic amines) is 1. The topological polar surface area (TPSA) is 44.7 Å². The number of ether oxygens (including phenoxy) is 1. The van der Waals surface area contributed by atoms with Crippen LogP contribution < -0.4 is 5.32 Å². The molecule has 3 heterocycles. The normalized spacial score (nSPS) is 31.0. The number of fused-ring (bicyclic) bond motifs is 3. The van der Waals surface area contributed by atoms with Gasteiger partial charge in [-0.3, -0.25) is 4.90 Å². The Hall–Kier alpha value is -2.09. The van der Waals surface area contributed by atoms with Crippen molar-refractivity contribution in [3.8, 4) is 0 Å². The number of nitrogens with zero attached hydrogens (tertiary/aromatic N) is 1. The second kappa shape index (κ2) is 8.11. The number of alkyl halides is 3. The quantitative estimate of drug-likeness (QED) is 0.733. The molecule has 3 aliphatic rings. The first kappa shape index (κ1) is 20.8. The third-order valence-electron chi connectivity index (χ3n) is 6.84. The van der Waals surface area contributed by atoms with Gasteiger partial charge in [0.15, 0.2) is 0 Å². The smallest absolute Gasteiger partial charge is 0.392 e. The molecule has 2 aromatic carbocycles. The fourth-order valence-corrected chi connectivity index (χ4v) is 5.32. The summed E-state index contributed by atoms with van der Waals surface area (Å²) in [6.45, 7) is 2.17. The number of halogens is 3. The number of nitrogens with one attached hydrogen (secondary N) is 1. The van der Waals surface area contributed by atoms with Gasteiger partial charge in [-0.25, -0.2) is 0 Å². The highest BCUT2D eigenvalue weighted by molar-refractivity contribution is 5.58. The number of anilines is 1. The van der Waals surface area contributed by atoms with Crippen LogP contribution in [0.25, 0.3) is 0 Å². The van der Waals surface area contributed by atoms with Gasteiger partial charge in [-0.05, 0) is 43.0 Å². The molecule has 2 saturated heterocycles. The first-order valence-electron chi connectivity index (χ1n) is 11.0. The maximum absolute atomic E-state index is 13.4. The van der Waals surface area contributed by atoms with Crippen molar-refractivity contribution < 1.29 is 23.0 Å². The van der Waals surface area contributed by atoms with Gasteiger partial charge in [0.2, 0.25) is 0 Å². The molecule has 7 heteroatoms. The lowest BCUT2D eigenvalue weighted by Gasteiger charge is -2.46. The molecular formula is C24H27F3N2O2. The van der Waals surface area contributed by atoms with E-state index in [2.05, 4.69) is 22.3 Å². The molecule has 0 unspecified atom stereocenters. The van der Waals surface area contributed by atoms with Crippen LogP contribution >= 0.6 is 0 Å². The number of aliphatic hydroxyl groups excluding tert-OH is 1. The average Bonchev–Trinajstić information content (AvgIpc) is 3.17. The van der Waals surface area contributed by atoms with Gasteiger partial charge < -0.3 is 15.2 Å². The Morgan fingerprint density at radius 2 is 1.87 bits per heavy atom. The van der Waals surface area contributed by atoms with Crippen LogP contribution in [0.5, 0.6) is 0 Å². The van der Waals surface area contributed by atoms with E-state index in [0.29, 0.717) is 24.3 Å². The van der Waals surface area contributed by atoms with E-state index in [1.165, 1.54) is 12.1 Å². The van der Waals surface area contributed by atoms with Gasteiger partial charge in [0.25, 0.3) is 0 Å². The molecule has 5 atom stereocenters. The van der Waals surface area contributed by atoms with Crippen LogP contribution in [-0.2, 0) is 10.9 Å². The molecule has 0 saturated carbocycles. The van der Waals surface area contributed by atoms with E-state index in [4.69, 9.17) is 4.74 Å². The lowest BCUT2D eigenvalue weighted by atomic mass is 9.76. The SMILES string of the molecule is O[C@H]1CCN(C[C@H]2CC[C@@H]3[C@H](O2)c2cc(C(F)(F)F)ccc2N[C@H]3c2ccccc2)C1. The molecule has 4 nitrogen and oxygen atoms in total. The van der Waals surface area contributed by atoms with Crippen LogP contribution in [0.3, 0.4) is 0 Å². The van der Waals surface area contributed by atoms with Crippen molar-refractivity contribution in [1.82, 2.24) is 4.90 Å². The predicted octanol–water partition coefficient (Wildman–Crippen LogP) is 4.78. The number of hydrogen-bond donors (Lipinski definition) is 2. The van der Waals surface area contributed by atoms with E-state index in [0.717, 1.165) is 37.4 Å². The van der Waals surface area contributed by atoms with E-state index >= 15 is 0 Å². The van der Waals surface area contributed by atoms with Crippen LogP contribution in [-0.4, -0.2) is 41.8 Å². The molecule has 2 fully saturated rings. The Bertz CT molecular complexity index is 921. The monoisotopic (exact) mass is 432 g/mol. The Morgan fingerprint density at radius 1 is 1.06 bits per heavy atom. The largest absolute Gasteiger partial charge is 0.416 e. The van der Waals surface area contributed by atoms with Crippen molar-refractivity contribution in [2.24, 2.45) is 5.92 Å². The van der Waals surface area contributed by atoms with Crippen molar-refractivity contribution in [2.75, 3.05) is 25.0 Å². The molecule has 31 heavy (non-hydrogen) atoms. The highest BCUT2D eigenvalue weighted by atomic mass is 19.4. The molecule has 0 aromatic heterocycles. The number of benzene rings is 2. The molecule has 166 valence electrons. The summed E-state index contributed by atoms with van der Waals surface area (Å²) in [6, 6.07) is 14.0. The second-order valence-electron chi connectivity index (χ2n) is 8.95. The van der Waals surface area contributed by atoms with Gasteiger partial charge in [0, 0.05) is 36.8 Å². The van der Waals surface area contributed by atoms with Crippen molar-refractivity contribution in [1.29, 1.82) is 0 Å². The summed E-state index contributed by atoms with van der Waals surface area (Å²) < 4.78 is 46.8. The van der Waals surface area contributed by atoms with Gasteiger partial charge in [-0.2, -0.15) is 13.2 Å². The summed E-state index contributed by atoms with van der Waals surface area (Å²) in [4.78, 5) is 2.19. The molecule has 0 spiro atoms. The summed E-state index contributed by atoms with van der Waals surface area (Å²) in [5.41, 5.74) is 1.78. The highest BCUT2D eigenvalue weighted by Gasteiger charge is 2.44. The third kappa shape index (κ3) is 4.19. The molecule has 2 aromatic rings. The molecule has 5 rings (SSSR count). The van der Waals surface area contributed by atoms with E-state index in [-0.39, 0.29) is 24.2 Å². The Balaban J connectivity index is 1.46. The lowest BCUT2D eigenvalue weighted by Crippen LogP contribution is -2.43. The van der Waals surface area contributed by atoms with Gasteiger partial charge >= 0.3 is 6.18 Å². The standard InChI is InChI=1S/C24H27F3N2O2/c25-24(26,27)16-6-9-21-20(12-16)23-19(22(28-21)15-4-2-1-3-5-15)8-7-18(31-23)14-29-11-10-17(30)13-29/h1-6,9,12,17-19,22-23,28,30H,7-8,10-11,13-14H2/t17-,18+,19-,22-,23-/m0/s1.